The fourth-order valence-electron chi connectivity index (χ4n) is 2.01. The summed E-state index contributed by atoms with van der Waals surface area (Å²) in [6, 6.07) is 0. The molecule has 1 unspecified atom stereocenters. The van der Waals surface area contributed by atoms with Crippen molar-refractivity contribution in [3.63, 3.8) is 0 Å². The third kappa shape index (κ3) is 3.65. The number of nitrogens with zero attached hydrogens (tertiary/aromatic N) is 3. The van der Waals surface area contributed by atoms with E-state index in [1.807, 2.05) is 0 Å². The molecule has 0 aliphatic rings. The molecule has 0 aliphatic heterocycles. The Morgan fingerprint density at radius 3 is 2.71 bits per heavy atom. The summed E-state index contributed by atoms with van der Waals surface area (Å²) >= 11 is 0. The molecule has 0 amide bonds. The van der Waals surface area contributed by atoms with Crippen molar-refractivity contribution in [3.8, 4) is 0 Å². The van der Waals surface area contributed by atoms with Crippen LogP contribution < -0.4 is 0 Å². The molecule has 0 fully saturated rings. The van der Waals surface area contributed by atoms with E-state index in [1.54, 1.807) is 10.9 Å². The molecule has 0 bridgehead atoms. The van der Waals surface area contributed by atoms with Gasteiger partial charge >= 0.3 is 0 Å². The van der Waals surface area contributed by atoms with Crippen molar-refractivity contribution >= 4 is 5.78 Å². The van der Waals surface area contributed by atoms with Crippen LogP contribution in [0.15, 0.2) is 6.20 Å². The maximum atomic E-state index is 12.3. The molecule has 0 saturated heterocycles. The molecule has 1 heterocycles. The van der Waals surface area contributed by atoms with Crippen LogP contribution in [-0.2, 0) is 6.54 Å². The first kappa shape index (κ1) is 13.9. The van der Waals surface area contributed by atoms with Crippen molar-refractivity contribution in [2.45, 2.75) is 59.4 Å². The second kappa shape index (κ2) is 7.20. The molecule has 0 spiro atoms. The highest BCUT2D eigenvalue weighted by Gasteiger charge is 2.21. The number of ketones is 1. The first-order valence-electron chi connectivity index (χ1n) is 6.67. The summed E-state index contributed by atoms with van der Waals surface area (Å²) < 4.78 is 1.73. The molecule has 0 radical (unpaired) electrons. The number of hydrogen-bond acceptors (Lipinski definition) is 3. The van der Waals surface area contributed by atoms with Crippen LogP contribution in [0.3, 0.4) is 0 Å². The molecule has 17 heavy (non-hydrogen) atoms. The molecule has 4 nitrogen and oxygen atoms in total. The van der Waals surface area contributed by atoms with Gasteiger partial charge in [-0.1, -0.05) is 38.8 Å². The highest BCUT2D eigenvalue weighted by atomic mass is 16.1. The number of rotatable bonds is 8. The second-order valence-corrected chi connectivity index (χ2v) is 4.45. The summed E-state index contributed by atoms with van der Waals surface area (Å²) in [4.78, 5) is 12.3. The molecular weight excluding hydrogens is 214 g/mol. The molecule has 0 aliphatic carbocycles. The van der Waals surface area contributed by atoms with Gasteiger partial charge in [-0.05, 0) is 19.3 Å². The summed E-state index contributed by atoms with van der Waals surface area (Å²) in [5.74, 6) is 0.337. The zero-order valence-corrected chi connectivity index (χ0v) is 11.1. The summed E-state index contributed by atoms with van der Waals surface area (Å²) in [6.07, 6.45) is 6.69. The van der Waals surface area contributed by atoms with Gasteiger partial charge in [0, 0.05) is 12.5 Å². The number of unbranched alkanes of at least 4 members (excludes halogenated alkanes) is 1. The molecule has 1 aromatic rings. The van der Waals surface area contributed by atoms with Crippen LogP contribution in [0.25, 0.3) is 0 Å². The standard InChI is InChI=1S/C13H23N3O/c1-4-7-8-11(6-3)13(17)12-10-14-15-16(12)9-5-2/h10-11H,4-9H2,1-3H3. The maximum Gasteiger partial charge on any atom is 0.185 e. The van der Waals surface area contributed by atoms with Crippen LogP contribution in [-0.4, -0.2) is 20.8 Å². The summed E-state index contributed by atoms with van der Waals surface area (Å²) in [5, 5.41) is 7.82. The third-order valence-corrected chi connectivity index (χ3v) is 3.08. The zero-order chi connectivity index (χ0) is 12.7. The fraction of sp³-hybridized carbons (Fsp3) is 0.769. The normalized spacial score (nSPS) is 12.6. The average Bonchev–Trinajstić information content (AvgIpc) is 2.78. The van der Waals surface area contributed by atoms with E-state index < -0.39 is 0 Å². The minimum absolute atomic E-state index is 0.129. The lowest BCUT2D eigenvalue weighted by atomic mass is 9.93. The van der Waals surface area contributed by atoms with Crippen molar-refractivity contribution in [2.75, 3.05) is 0 Å². The van der Waals surface area contributed by atoms with Gasteiger partial charge in [-0.2, -0.15) is 0 Å². The Hall–Kier alpha value is -1.19. The van der Waals surface area contributed by atoms with Crippen LogP contribution in [0.5, 0.6) is 0 Å². The quantitative estimate of drug-likeness (QED) is 0.653. The Morgan fingerprint density at radius 1 is 1.35 bits per heavy atom. The molecule has 96 valence electrons. The Labute approximate surface area is 103 Å². The second-order valence-electron chi connectivity index (χ2n) is 4.45. The summed E-state index contributed by atoms with van der Waals surface area (Å²) in [7, 11) is 0. The lowest BCUT2D eigenvalue weighted by Gasteiger charge is -2.13. The number of aryl methyl sites for hydroxylation is 1. The fourth-order valence-corrected chi connectivity index (χ4v) is 2.01. The Morgan fingerprint density at radius 2 is 2.12 bits per heavy atom. The van der Waals surface area contributed by atoms with E-state index >= 15 is 0 Å². The van der Waals surface area contributed by atoms with E-state index in [2.05, 4.69) is 31.1 Å². The molecule has 0 saturated carbocycles. The average molecular weight is 237 g/mol. The smallest absolute Gasteiger partial charge is 0.185 e. The molecular formula is C13H23N3O. The van der Waals surface area contributed by atoms with E-state index in [4.69, 9.17) is 0 Å². The minimum Gasteiger partial charge on any atom is -0.292 e. The van der Waals surface area contributed by atoms with Gasteiger partial charge in [0.1, 0.15) is 5.69 Å². The van der Waals surface area contributed by atoms with Gasteiger partial charge in [0.15, 0.2) is 5.78 Å². The van der Waals surface area contributed by atoms with Gasteiger partial charge in [0.05, 0.1) is 6.20 Å². The van der Waals surface area contributed by atoms with Crippen molar-refractivity contribution in [1.29, 1.82) is 0 Å². The van der Waals surface area contributed by atoms with Crippen molar-refractivity contribution in [2.24, 2.45) is 5.92 Å². The van der Waals surface area contributed by atoms with Crippen LogP contribution in [0.1, 0.15) is 63.4 Å². The van der Waals surface area contributed by atoms with Crippen LogP contribution in [0, 0.1) is 5.92 Å². The number of carbonyl (C=O) groups excluding carboxylic acids is 1. The van der Waals surface area contributed by atoms with Gasteiger partial charge in [-0.25, -0.2) is 4.68 Å². The minimum atomic E-state index is 0.129. The largest absolute Gasteiger partial charge is 0.292 e. The molecule has 1 atom stereocenters. The van der Waals surface area contributed by atoms with Gasteiger partial charge in [0.25, 0.3) is 0 Å². The van der Waals surface area contributed by atoms with Gasteiger partial charge in [-0.15, -0.1) is 5.10 Å². The molecule has 0 N–H and O–H groups in total. The van der Waals surface area contributed by atoms with Crippen molar-refractivity contribution < 1.29 is 4.79 Å². The molecule has 1 aromatic heterocycles. The van der Waals surface area contributed by atoms with Crippen LogP contribution in [0.2, 0.25) is 0 Å². The Kier molecular flexibility index (Phi) is 5.87. The van der Waals surface area contributed by atoms with Gasteiger partial charge in [0.2, 0.25) is 0 Å². The predicted molar refractivity (Wildman–Crippen MR) is 67.9 cm³/mol. The highest BCUT2D eigenvalue weighted by molar-refractivity contribution is 5.95. The lowest BCUT2D eigenvalue weighted by Crippen LogP contribution is -2.19. The first-order valence-corrected chi connectivity index (χ1v) is 6.67. The highest BCUT2D eigenvalue weighted by Crippen LogP contribution is 2.18. The number of hydrogen-bond donors (Lipinski definition) is 0. The monoisotopic (exact) mass is 237 g/mol. The van der Waals surface area contributed by atoms with E-state index in [9.17, 15) is 4.79 Å². The van der Waals surface area contributed by atoms with Crippen LogP contribution in [0.4, 0.5) is 0 Å². The number of Topliss-reactive ketones (excluding diaryl/α,β-unsaturated/α-hetero) is 1. The number of carbonyl (C=O) groups is 1. The Bertz CT molecular complexity index is 346. The van der Waals surface area contributed by atoms with E-state index in [1.165, 1.54) is 0 Å². The topological polar surface area (TPSA) is 47.8 Å². The Balaban J connectivity index is 2.74. The van der Waals surface area contributed by atoms with Crippen molar-refractivity contribution in [1.82, 2.24) is 15.0 Å². The maximum absolute atomic E-state index is 12.3. The lowest BCUT2D eigenvalue weighted by molar-refractivity contribution is 0.0897. The zero-order valence-electron chi connectivity index (χ0n) is 11.1. The predicted octanol–water partition coefficient (Wildman–Crippen LogP) is 3.09. The molecule has 4 heteroatoms. The summed E-state index contributed by atoms with van der Waals surface area (Å²) in [5.41, 5.74) is 0.676. The van der Waals surface area contributed by atoms with Crippen LogP contribution >= 0.6 is 0 Å². The van der Waals surface area contributed by atoms with E-state index in [0.29, 0.717) is 5.69 Å². The van der Waals surface area contributed by atoms with Crippen molar-refractivity contribution in [3.05, 3.63) is 11.9 Å². The number of aromatic nitrogens is 3. The molecule has 1 rings (SSSR count). The van der Waals surface area contributed by atoms with Gasteiger partial charge in [-0.3, -0.25) is 4.79 Å². The summed E-state index contributed by atoms with van der Waals surface area (Å²) in [6.45, 7) is 7.07. The molecule has 0 aromatic carbocycles. The first-order chi connectivity index (χ1) is 8.24. The van der Waals surface area contributed by atoms with E-state index in [0.717, 1.165) is 38.6 Å². The van der Waals surface area contributed by atoms with Gasteiger partial charge < -0.3 is 0 Å². The third-order valence-electron chi connectivity index (χ3n) is 3.08. The SMILES string of the molecule is CCCCC(CC)C(=O)c1cnnn1CCC. The van der Waals surface area contributed by atoms with E-state index in [-0.39, 0.29) is 11.7 Å².